The number of nitrogens with one attached hydrogen (secondary N) is 1. The van der Waals surface area contributed by atoms with Crippen molar-refractivity contribution in [2.24, 2.45) is 5.92 Å². The molecule has 0 radical (unpaired) electrons. The summed E-state index contributed by atoms with van der Waals surface area (Å²) in [6.07, 6.45) is 37.6. The molecule has 0 aromatic carbocycles. The topological polar surface area (TPSA) is 59.1 Å². The quantitative estimate of drug-likeness (QED) is 0.172. The number of carbonyl (C=O) groups is 2. The summed E-state index contributed by atoms with van der Waals surface area (Å²) >= 11 is 0. The Hall–Kier alpha value is -3.01. The highest BCUT2D eigenvalue weighted by Crippen LogP contribution is 2.28. The maximum absolute atomic E-state index is 12.4. The van der Waals surface area contributed by atoms with E-state index in [-0.39, 0.29) is 11.9 Å². The number of hydrogen-bond donors (Lipinski definition) is 1. The van der Waals surface area contributed by atoms with Crippen LogP contribution in [0, 0.1) is 5.92 Å². The van der Waals surface area contributed by atoms with Crippen LogP contribution in [0.4, 0.5) is 0 Å². The third-order valence-electron chi connectivity index (χ3n) is 6.61. The molecule has 4 nitrogen and oxygen atoms in total. The summed E-state index contributed by atoms with van der Waals surface area (Å²) in [4.78, 5) is 28.7. The number of unbranched alkanes of at least 4 members (excludes halogenated alkanes) is 1. The lowest BCUT2D eigenvalue weighted by Gasteiger charge is -2.28. The Morgan fingerprint density at radius 2 is 1.46 bits per heavy atom. The van der Waals surface area contributed by atoms with Gasteiger partial charge in [0.1, 0.15) is 5.78 Å². The molecule has 2 rings (SSSR count). The molecule has 37 heavy (non-hydrogen) atoms. The van der Waals surface area contributed by atoms with Crippen LogP contribution in [0.15, 0.2) is 85.3 Å². The van der Waals surface area contributed by atoms with E-state index in [4.69, 9.17) is 0 Å². The molecule has 0 atom stereocenters. The second-order valence-corrected chi connectivity index (χ2v) is 9.78. The third kappa shape index (κ3) is 15.0. The van der Waals surface area contributed by atoms with Gasteiger partial charge in [0, 0.05) is 31.3 Å². The predicted octanol–water partition coefficient (Wildman–Crippen LogP) is 8.25. The molecular weight excluding hydrogens is 456 g/mol. The second-order valence-electron chi connectivity index (χ2n) is 9.78. The average Bonchev–Trinajstić information content (AvgIpc) is 2.92. The van der Waals surface area contributed by atoms with Gasteiger partial charge in [-0.25, -0.2) is 0 Å². The molecule has 1 fully saturated rings. The van der Waals surface area contributed by atoms with Gasteiger partial charge in [0.2, 0.25) is 0 Å². The lowest BCUT2D eigenvalue weighted by Crippen LogP contribution is -2.37. The number of rotatable bonds is 17. The van der Waals surface area contributed by atoms with Crippen LogP contribution in [0.1, 0.15) is 101 Å². The van der Waals surface area contributed by atoms with Gasteiger partial charge >= 0.3 is 0 Å². The molecule has 1 aromatic heterocycles. The number of ketones is 1. The van der Waals surface area contributed by atoms with E-state index >= 15 is 0 Å². The zero-order chi connectivity index (χ0) is 26.4. The fourth-order valence-corrected chi connectivity index (χ4v) is 4.49. The molecule has 1 aromatic rings. The van der Waals surface area contributed by atoms with Crippen LogP contribution in [0.25, 0.3) is 0 Å². The highest BCUT2D eigenvalue weighted by Gasteiger charge is 2.24. The zero-order valence-corrected chi connectivity index (χ0v) is 22.7. The van der Waals surface area contributed by atoms with Gasteiger partial charge in [-0.05, 0) is 88.7 Å². The number of pyridine rings is 1. The largest absolute Gasteiger partial charge is 0.349 e. The number of hydrogen-bond acceptors (Lipinski definition) is 3. The van der Waals surface area contributed by atoms with Crippen molar-refractivity contribution in [3.63, 3.8) is 0 Å². The van der Waals surface area contributed by atoms with Crippen molar-refractivity contribution in [3.8, 4) is 0 Å². The fourth-order valence-electron chi connectivity index (χ4n) is 4.49. The van der Waals surface area contributed by atoms with Crippen LogP contribution in [-0.2, 0) is 4.79 Å². The van der Waals surface area contributed by atoms with Gasteiger partial charge in [0.15, 0.2) is 0 Å². The van der Waals surface area contributed by atoms with Crippen molar-refractivity contribution in [2.45, 2.75) is 96.4 Å². The molecule has 0 spiro atoms. The average molecular weight is 503 g/mol. The number of Topliss-reactive ketones (excluding diaryl/α,β-unsaturated/α-hetero) is 1. The molecular formula is C33H46N2O2. The minimum Gasteiger partial charge on any atom is -0.349 e. The van der Waals surface area contributed by atoms with Crippen LogP contribution in [-0.4, -0.2) is 22.7 Å². The first-order valence-electron chi connectivity index (χ1n) is 14.2. The summed E-state index contributed by atoms with van der Waals surface area (Å²) in [6, 6.07) is 3.76. The summed E-state index contributed by atoms with van der Waals surface area (Å²) in [5, 5.41) is 3.11. The third-order valence-corrected chi connectivity index (χ3v) is 6.61. The smallest absolute Gasteiger partial charge is 0.253 e. The Bertz CT molecular complexity index is 904. The maximum Gasteiger partial charge on any atom is 0.253 e. The summed E-state index contributed by atoms with van der Waals surface area (Å²) in [6.45, 7) is 2.15. The molecule has 4 heteroatoms. The van der Waals surface area contributed by atoms with Crippen LogP contribution < -0.4 is 5.32 Å². The number of amides is 1. The van der Waals surface area contributed by atoms with E-state index in [0.29, 0.717) is 30.1 Å². The molecule has 1 heterocycles. The first kappa shape index (κ1) is 30.2. The summed E-state index contributed by atoms with van der Waals surface area (Å²) in [5.74, 6) is 0.797. The number of nitrogens with zero attached hydrogens (tertiary/aromatic N) is 1. The Labute approximate surface area is 224 Å². The molecule has 0 bridgehead atoms. The Kier molecular flexibility index (Phi) is 16.4. The normalized spacial score (nSPS) is 18.6. The Balaban J connectivity index is 1.45. The Morgan fingerprint density at radius 3 is 2.03 bits per heavy atom. The molecule has 200 valence electrons. The van der Waals surface area contributed by atoms with E-state index < -0.39 is 0 Å². The summed E-state index contributed by atoms with van der Waals surface area (Å²) < 4.78 is 0. The van der Waals surface area contributed by atoms with Gasteiger partial charge in [-0.1, -0.05) is 67.7 Å². The highest BCUT2D eigenvalue weighted by molar-refractivity contribution is 5.94. The predicted molar refractivity (Wildman–Crippen MR) is 155 cm³/mol. The molecule has 1 saturated carbocycles. The monoisotopic (exact) mass is 502 g/mol. The zero-order valence-electron chi connectivity index (χ0n) is 22.7. The minimum absolute atomic E-state index is 0.0531. The van der Waals surface area contributed by atoms with Crippen molar-refractivity contribution in [2.75, 3.05) is 0 Å². The molecule has 0 aliphatic heterocycles. The molecule has 1 amide bonds. The SMILES string of the molecule is CC/C=C\C/C=C\C/C=C\C/C=C\C/C=C\CCCC(=O)CC1CCC(NC(=O)c2cccnc2)CC1. The van der Waals surface area contributed by atoms with Crippen molar-refractivity contribution in [3.05, 3.63) is 90.9 Å². The van der Waals surface area contributed by atoms with Crippen molar-refractivity contribution in [1.82, 2.24) is 10.3 Å². The van der Waals surface area contributed by atoms with Crippen LogP contribution in [0.2, 0.25) is 0 Å². The lowest BCUT2D eigenvalue weighted by molar-refractivity contribution is -0.120. The summed E-state index contributed by atoms with van der Waals surface area (Å²) in [5.41, 5.74) is 0.604. The second kappa shape index (κ2) is 20.1. The van der Waals surface area contributed by atoms with Gasteiger partial charge in [-0.3, -0.25) is 14.6 Å². The van der Waals surface area contributed by atoms with E-state index in [1.165, 1.54) is 0 Å². The molecule has 1 N–H and O–H groups in total. The van der Waals surface area contributed by atoms with Crippen LogP contribution in [0.3, 0.4) is 0 Å². The van der Waals surface area contributed by atoms with E-state index in [0.717, 1.165) is 70.6 Å². The highest BCUT2D eigenvalue weighted by atomic mass is 16.1. The van der Waals surface area contributed by atoms with Gasteiger partial charge in [-0.2, -0.15) is 0 Å². The van der Waals surface area contributed by atoms with E-state index in [2.05, 4.69) is 78.0 Å². The molecule has 0 unspecified atom stereocenters. The first-order valence-corrected chi connectivity index (χ1v) is 14.2. The van der Waals surface area contributed by atoms with Crippen LogP contribution >= 0.6 is 0 Å². The van der Waals surface area contributed by atoms with Gasteiger partial charge in [-0.15, -0.1) is 0 Å². The van der Waals surface area contributed by atoms with Crippen LogP contribution in [0.5, 0.6) is 0 Å². The lowest BCUT2D eigenvalue weighted by atomic mass is 9.82. The first-order chi connectivity index (χ1) is 18.2. The molecule has 0 saturated heterocycles. The van der Waals surface area contributed by atoms with Crippen molar-refractivity contribution >= 4 is 11.7 Å². The van der Waals surface area contributed by atoms with Gasteiger partial charge in [0.05, 0.1) is 5.56 Å². The number of aromatic nitrogens is 1. The standard InChI is InChI=1S/C33H46N2O2/c1-2-3-4-5-6-7-8-9-10-11-12-13-14-15-16-17-18-21-32(36)27-29-22-24-31(25-23-29)35-33(37)30-20-19-26-34-28-30/h3-4,6-7,9-10,12-13,15-16,19-20,26,28-29,31H,2,5,8,11,14,17-18,21-25,27H2,1H3,(H,35,37)/b4-3-,7-6-,10-9-,13-12-,16-15-. The fraction of sp³-hybridized carbons (Fsp3) is 0.485. The van der Waals surface area contributed by atoms with E-state index in [1.54, 1.807) is 24.5 Å². The molecule has 1 aliphatic rings. The molecule has 1 aliphatic carbocycles. The van der Waals surface area contributed by atoms with Crippen molar-refractivity contribution < 1.29 is 9.59 Å². The Morgan fingerprint density at radius 1 is 0.865 bits per heavy atom. The summed E-state index contributed by atoms with van der Waals surface area (Å²) in [7, 11) is 0. The van der Waals surface area contributed by atoms with Gasteiger partial charge < -0.3 is 5.32 Å². The van der Waals surface area contributed by atoms with Gasteiger partial charge in [0.25, 0.3) is 5.91 Å². The number of carbonyl (C=O) groups excluding carboxylic acids is 2. The van der Waals surface area contributed by atoms with E-state index in [9.17, 15) is 9.59 Å². The van der Waals surface area contributed by atoms with E-state index in [1.807, 2.05) is 0 Å². The van der Waals surface area contributed by atoms with Crippen molar-refractivity contribution in [1.29, 1.82) is 0 Å². The maximum atomic E-state index is 12.4. The number of allylic oxidation sites excluding steroid dienone is 10. The minimum atomic E-state index is -0.0531.